The minimum Gasteiger partial charge on any atom is -0.286 e. The first-order valence-electron chi connectivity index (χ1n) is 9.70. The molecule has 2 aliphatic heterocycles. The van der Waals surface area contributed by atoms with Crippen LogP contribution < -0.4 is 9.91 Å². The predicted octanol–water partition coefficient (Wildman–Crippen LogP) is 5.51. The van der Waals surface area contributed by atoms with Crippen LogP contribution >= 0.6 is 23.5 Å². The second kappa shape index (κ2) is 8.49. The smallest absolute Gasteiger partial charge is 0.286 e. The molecule has 3 aromatic rings. The summed E-state index contributed by atoms with van der Waals surface area (Å²) < 4.78 is 0. The second-order valence-corrected chi connectivity index (χ2v) is 8.77. The zero-order chi connectivity index (χ0) is 22.1. The van der Waals surface area contributed by atoms with Crippen molar-refractivity contribution in [3.8, 4) is 0 Å². The van der Waals surface area contributed by atoms with Crippen molar-refractivity contribution in [2.75, 3.05) is 9.91 Å². The fourth-order valence-corrected chi connectivity index (χ4v) is 5.26. The highest BCUT2D eigenvalue weighted by atomic mass is 32.2. The molecule has 3 aromatic carbocycles. The summed E-state index contributed by atoms with van der Waals surface area (Å²) >= 11 is 1.95. The van der Waals surface area contributed by atoms with Gasteiger partial charge in [-0.1, -0.05) is 66.7 Å². The summed E-state index contributed by atoms with van der Waals surface area (Å²) in [6.07, 6.45) is 0. The third kappa shape index (κ3) is 3.63. The van der Waals surface area contributed by atoms with Gasteiger partial charge in [0.15, 0.2) is 5.04 Å². The number of benzene rings is 3. The van der Waals surface area contributed by atoms with E-state index in [1.807, 2.05) is 42.5 Å². The fourth-order valence-electron chi connectivity index (χ4n) is 3.28. The lowest BCUT2D eigenvalue weighted by Crippen LogP contribution is -2.28. The lowest BCUT2D eigenvalue weighted by molar-refractivity contribution is -0.113. The number of anilines is 2. The number of ketones is 1. The minimum absolute atomic E-state index is 0.238. The van der Waals surface area contributed by atoms with Gasteiger partial charge in [0.05, 0.1) is 11.4 Å². The molecule has 0 atom stereocenters. The van der Waals surface area contributed by atoms with Gasteiger partial charge in [-0.05, 0) is 47.8 Å². The van der Waals surface area contributed by atoms with Gasteiger partial charge in [-0.2, -0.15) is 5.10 Å². The maximum atomic E-state index is 13.3. The summed E-state index contributed by atoms with van der Waals surface area (Å²) in [5, 5.41) is 6.38. The van der Waals surface area contributed by atoms with Gasteiger partial charge in [0, 0.05) is 5.56 Å². The molecular formula is C24H15N3O3S2. The van der Waals surface area contributed by atoms with E-state index in [1.165, 1.54) is 0 Å². The van der Waals surface area contributed by atoms with Crippen molar-refractivity contribution in [1.82, 2.24) is 0 Å². The zero-order valence-electron chi connectivity index (χ0n) is 16.5. The van der Waals surface area contributed by atoms with Crippen LogP contribution in [0, 0.1) is 0 Å². The average Bonchev–Trinajstić information content (AvgIpc) is 3.41. The number of nitrogens with zero attached hydrogens (tertiary/aromatic N) is 3. The number of imide groups is 1. The lowest BCUT2D eigenvalue weighted by atomic mass is 10.1. The number of hydrazone groups is 1. The highest BCUT2D eigenvalue weighted by Crippen LogP contribution is 2.45. The monoisotopic (exact) mass is 457 g/mol. The number of rotatable bonds is 4. The molecule has 0 saturated carbocycles. The van der Waals surface area contributed by atoms with E-state index in [4.69, 9.17) is 0 Å². The van der Waals surface area contributed by atoms with Crippen molar-refractivity contribution >= 4 is 56.9 Å². The Hall–Kier alpha value is -3.62. The van der Waals surface area contributed by atoms with Gasteiger partial charge in [0.2, 0.25) is 5.78 Å². The van der Waals surface area contributed by atoms with Crippen LogP contribution in [0.3, 0.4) is 0 Å². The van der Waals surface area contributed by atoms with Gasteiger partial charge in [-0.15, -0.1) is 0 Å². The number of thioether (sulfide) groups is 2. The van der Waals surface area contributed by atoms with Gasteiger partial charge >= 0.3 is 0 Å². The summed E-state index contributed by atoms with van der Waals surface area (Å²) in [6, 6.07) is 26.9. The molecule has 1 fully saturated rings. The standard InChI is InChI=1S/C24H15N3O3S2/c28-19(16-10-4-1-5-11-16)21-25-27(18-14-8-3-9-15-18)23(32-21)20-22(29)26(24(30)31-20)17-12-6-2-7-13-17/h1-15H/b23-20+. The molecule has 0 aliphatic carbocycles. The number of carbonyl (C=O) groups excluding carboxylic acids is 3. The van der Waals surface area contributed by atoms with Crippen molar-refractivity contribution in [1.29, 1.82) is 0 Å². The third-order valence-electron chi connectivity index (χ3n) is 4.79. The van der Waals surface area contributed by atoms with Crippen molar-refractivity contribution < 1.29 is 14.4 Å². The molecular weight excluding hydrogens is 442 g/mol. The molecule has 8 heteroatoms. The van der Waals surface area contributed by atoms with E-state index in [9.17, 15) is 14.4 Å². The SMILES string of the molecule is O=C(C1=NN(c2ccccc2)/C(=C2\SC(=O)N(c3ccccc3)C2=O)S1)c1ccccc1. The van der Waals surface area contributed by atoms with Crippen LogP contribution in [0.25, 0.3) is 0 Å². The van der Waals surface area contributed by atoms with Crippen LogP contribution in [0.15, 0.2) is 106 Å². The summed E-state index contributed by atoms with van der Waals surface area (Å²) in [6.45, 7) is 0. The molecule has 0 radical (unpaired) electrons. The van der Waals surface area contributed by atoms with Gasteiger partial charge in [-0.3, -0.25) is 14.4 Å². The molecule has 6 nitrogen and oxygen atoms in total. The summed E-state index contributed by atoms with van der Waals surface area (Å²) in [4.78, 5) is 40.4. The molecule has 0 unspecified atom stereocenters. The molecule has 2 aliphatic rings. The number of carbonyl (C=O) groups is 3. The fraction of sp³-hybridized carbons (Fsp3) is 0. The molecule has 0 N–H and O–H groups in total. The number of hydrogen-bond donors (Lipinski definition) is 0. The third-order valence-corrected chi connectivity index (χ3v) is 6.87. The van der Waals surface area contributed by atoms with Crippen LogP contribution in [0.4, 0.5) is 16.2 Å². The molecule has 156 valence electrons. The van der Waals surface area contributed by atoms with Crippen LogP contribution in [0.2, 0.25) is 0 Å². The Bertz CT molecular complexity index is 1280. The second-order valence-electron chi connectivity index (χ2n) is 6.83. The van der Waals surface area contributed by atoms with Gasteiger partial charge in [0.1, 0.15) is 9.93 Å². The number of hydrogen-bond acceptors (Lipinski definition) is 7. The molecule has 2 heterocycles. The predicted molar refractivity (Wildman–Crippen MR) is 129 cm³/mol. The van der Waals surface area contributed by atoms with E-state index in [-0.39, 0.29) is 21.0 Å². The molecule has 1 saturated heterocycles. The number of amides is 2. The Morgan fingerprint density at radius 2 is 1.28 bits per heavy atom. The largest absolute Gasteiger partial charge is 0.298 e. The number of Topliss-reactive ketones (excluding diaryl/α,β-unsaturated/α-hetero) is 1. The summed E-state index contributed by atoms with van der Waals surface area (Å²) in [5.74, 6) is -0.674. The van der Waals surface area contributed by atoms with Crippen molar-refractivity contribution in [2.24, 2.45) is 5.10 Å². The Morgan fingerprint density at radius 3 is 1.91 bits per heavy atom. The first kappa shape index (κ1) is 20.3. The highest BCUT2D eigenvalue weighted by molar-refractivity contribution is 8.22. The quantitative estimate of drug-likeness (QED) is 0.380. The first-order chi connectivity index (χ1) is 15.6. The maximum Gasteiger partial charge on any atom is 0.298 e. The van der Waals surface area contributed by atoms with E-state index < -0.39 is 5.91 Å². The van der Waals surface area contributed by atoms with E-state index in [0.717, 1.165) is 28.4 Å². The van der Waals surface area contributed by atoms with Crippen LogP contribution in [-0.2, 0) is 4.79 Å². The van der Waals surface area contributed by atoms with Gasteiger partial charge < -0.3 is 0 Å². The molecule has 32 heavy (non-hydrogen) atoms. The Morgan fingerprint density at radius 1 is 0.719 bits per heavy atom. The lowest BCUT2D eigenvalue weighted by Gasteiger charge is -2.16. The van der Waals surface area contributed by atoms with E-state index >= 15 is 0 Å². The topological polar surface area (TPSA) is 70.1 Å². The first-order valence-corrected chi connectivity index (χ1v) is 11.3. The molecule has 0 bridgehead atoms. The molecule has 5 rings (SSSR count). The summed E-state index contributed by atoms with van der Waals surface area (Å²) in [5.41, 5.74) is 1.70. The van der Waals surface area contributed by atoms with Crippen LogP contribution in [0.1, 0.15) is 10.4 Å². The van der Waals surface area contributed by atoms with Crippen molar-refractivity contribution in [2.45, 2.75) is 0 Å². The van der Waals surface area contributed by atoms with Crippen molar-refractivity contribution in [3.05, 3.63) is 106 Å². The zero-order valence-corrected chi connectivity index (χ0v) is 18.2. The van der Waals surface area contributed by atoms with Crippen molar-refractivity contribution in [3.63, 3.8) is 0 Å². The Balaban J connectivity index is 1.57. The van der Waals surface area contributed by atoms with Gasteiger partial charge in [0.25, 0.3) is 11.1 Å². The van der Waals surface area contributed by atoms with E-state index in [1.54, 1.807) is 53.5 Å². The van der Waals surface area contributed by atoms with Crippen LogP contribution in [-0.4, -0.2) is 22.0 Å². The molecule has 0 spiro atoms. The van der Waals surface area contributed by atoms with E-state index in [2.05, 4.69) is 5.10 Å². The maximum absolute atomic E-state index is 13.3. The van der Waals surface area contributed by atoms with Crippen LogP contribution in [0.5, 0.6) is 0 Å². The normalized spacial score (nSPS) is 18.3. The highest BCUT2D eigenvalue weighted by Gasteiger charge is 2.42. The molecule has 0 aromatic heterocycles. The average molecular weight is 458 g/mol. The minimum atomic E-state index is -0.432. The van der Waals surface area contributed by atoms with Gasteiger partial charge in [-0.25, -0.2) is 9.91 Å². The van der Waals surface area contributed by atoms with E-state index in [0.29, 0.717) is 22.0 Å². The Kier molecular flexibility index (Phi) is 5.38. The summed E-state index contributed by atoms with van der Waals surface area (Å²) in [7, 11) is 0. The number of para-hydroxylation sites is 2. The molecule has 2 amide bonds. The Labute approximate surface area is 192 Å².